The molecule has 0 aromatic carbocycles. The second kappa shape index (κ2) is 7.83. The van der Waals surface area contributed by atoms with Crippen LogP contribution in [-0.4, -0.2) is 72.3 Å². The molecule has 5 rings (SSSR count). The standard InChI is InChI=1S/C20H22N6O3S2/c1-25(31(2,27)28)12-15-10-16-19(26-5-7-29-8-6-26)23-18(24-20(16)30-15)14-9-13-3-4-21-17(13)22-11-14/h3-4,9-11H,5-8,12H2,1-2H3,(H,21,22). The maximum absolute atomic E-state index is 11.9. The van der Waals surface area contributed by atoms with Gasteiger partial charge in [0.05, 0.1) is 24.9 Å². The molecule has 11 heteroatoms. The number of nitrogens with zero attached hydrogens (tertiary/aromatic N) is 5. The quantitative estimate of drug-likeness (QED) is 0.490. The van der Waals surface area contributed by atoms with Gasteiger partial charge in [-0.2, -0.15) is 0 Å². The molecule has 0 bridgehead atoms. The summed E-state index contributed by atoms with van der Waals surface area (Å²) < 4.78 is 30.6. The van der Waals surface area contributed by atoms with Crippen LogP contribution in [0.25, 0.3) is 32.6 Å². The fraction of sp³-hybridized carbons (Fsp3) is 0.350. The molecular weight excluding hydrogens is 436 g/mol. The normalized spacial score (nSPS) is 15.4. The van der Waals surface area contributed by atoms with Gasteiger partial charge in [-0.05, 0) is 18.2 Å². The topological polar surface area (TPSA) is 104 Å². The number of hydrogen-bond acceptors (Lipinski definition) is 8. The third-order valence-electron chi connectivity index (χ3n) is 5.34. The Morgan fingerprint density at radius 2 is 2.06 bits per heavy atom. The first-order valence-corrected chi connectivity index (χ1v) is 12.5. The van der Waals surface area contributed by atoms with Gasteiger partial charge in [0.2, 0.25) is 10.0 Å². The molecular formula is C20H22N6O3S2. The highest BCUT2D eigenvalue weighted by molar-refractivity contribution is 7.88. The van der Waals surface area contributed by atoms with Gasteiger partial charge in [0.1, 0.15) is 16.3 Å². The number of anilines is 1. The van der Waals surface area contributed by atoms with E-state index in [-0.39, 0.29) is 0 Å². The monoisotopic (exact) mass is 458 g/mol. The molecule has 4 aromatic rings. The molecule has 0 unspecified atom stereocenters. The van der Waals surface area contributed by atoms with E-state index >= 15 is 0 Å². The highest BCUT2D eigenvalue weighted by Gasteiger charge is 2.21. The largest absolute Gasteiger partial charge is 0.378 e. The van der Waals surface area contributed by atoms with E-state index in [4.69, 9.17) is 14.7 Å². The summed E-state index contributed by atoms with van der Waals surface area (Å²) >= 11 is 1.49. The van der Waals surface area contributed by atoms with Gasteiger partial charge in [-0.3, -0.25) is 0 Å². The number of ether oxygens (including phenoxy) is 1. The van der Waals surface area contributed by atoms with E-state index < -0.39 is 10.0 Å². The van der Waals surface area contributed by atoms with Gasteiger partial charge in [-0.15, -0.1) is 11.3 Å². The summed E-state index contributed by atoms with van der Waals surface area (Å²) in [6, 6.07) is 6.00. The second-order valence-electron chi connectivity index (χ2n) is 7.56. The van der Waals surface area contributed by atoms with Crippen LogP contribution in [0.4, 0.5) is 5.82 Å². The van der Waals surface area contributed by atoms with E-state index in [1.165, 1.54) is 21.9 Å². The maximum atomic E-state index is 11.9. The fourth-order valence-electron chi connectivity index (χ4n) is 3.58. The molecule has 0 radical (unpaired) electrons. The number of nitrogens with one attached hydrogen (secondary N) is 1. The van der Waals surface area contributed by atoms with Crippen LogP contribution in [0.5, 0.6) is 0 Å². The zero-order valence-corrected chi connectivity index (χ0v) is 18.8. The van der Waals surface area contributed by atoms with Gasteiger partial charge in [-0.1, -0.05) is 0 Å². The lowest BCUT2D eigenvalue weighted by Crippen LogP contribution is -2.37. The molecule has 1 aliphatic rings. The summed E-state index contributed by atoms with van der Waals surface area (Å²) in [5.41, 5.74) is 1.66. The highest BCUT2D eigenvalue weighted by atomic mass is 32.2. The van der Waals surface area contributed by atoms with Gasteiger partial charge in [-0.25, -0.2) is 27.7 Å². The predicted molar refractivity (Wildman–Crippen MR) is 122 cm³/mol. The molecule has 0 amide bonds. The minimum Gasteiger partial charge on any atom is -0.378 e. The van der Waals surface area contributed by atoms with Gasteiger partial charge < -0.3 is 14.6 Å². The third-order valence-corrected chi connectivity index (χ3v) is 7.61. The Morgan fingerprint density at radius 1 is 1.26 bits per heavy atom. The van der Waals surface area contributed by atoms with E-state index in [1.54, 1.807) is 13.2 Å². The van der Waals surface area contributed by atoms with Gasteiger partial charge >= 0.3 is 0 Å². The van der Waals surface area contributed by atoms with E-state index in [2.05, 4.69) is 14.9 Å². The average Bonchev–Trinajstić information content (AvgIpc) is 3.38. The molecule has 9 nitrogen and oxygen atoms in total. The van der Waals surface area contributed by atoms with Gasteiger partial charge in [0, 0.05) is 54.9 Å². The Labute approximate surface area is 183 Å². The summed E-state index contributed by atoms with van der Waals surface area (Å²) in [5, 5.41) is 1.93. The number of aromatic amines is 1. The smallest absolute Gasteiger partial charge is 0.211 e. The number of hydrogen-bond donors (Lipinski definition) is 1. The Bertz CT molecular complexity index is 1360. The van der Waals surface area contributed by atoms with Gasteiger partial charge in [0.25, 0.3) is 0 Å². The van der Waals surface area contributed by atoms with Crippen LogP contribution in [0.3, 0.4) is 0 Å². The van der Waals surface area contributed by atoms with Crippen molar-refractivity contribution in [2.45, 2.75) is 6.54 Å². The molecule has 31 heavy (non-hydrogen) atoms. The van der Waals surface area contributed by atoms with Crippen molar-refractivity contribution in [1.29, 1.82) is 0 Å². The number of rotatable bonds is 5. The average molecular weight is 459 g/mol. The Morgan fingerprint density at radius 3 is 2.84 bits per heavy atom. The van der Waals surface area contributed by atoms with Crippen molar-refractivity contribution >= 4 is 48.4 Å². The van der Waals surface area contributed by atoms with Crippen molar-refractivity contribution in [1.82, 2.24) is 24.2 Å². The van der Waals surface area contributed by atoms with Crippen molar-refractivity contribution in [3.8, 4) is 11.4 Å². The van der Waals surface area contributed by atoms with Gasteiger partial charge in [0.15, 0.2) is 5.82 Å². The van der Waals surface area contributed by atoms with Crippen molar-refractivity contribution < 1.29 is 13.2 Å². The number of H-pyrrole nitrogens is 1. The van der Waals surface area contributed by atoms with Crippen molar-refractivity contribution in [2.75, 3.05) is 44.5 Å². The molecule has 5 heterocycles. The van der Waals surface area contributed by atoms with Crippen molar-refractivity contribution in [3.05, 3.63) is 35.5 Å². The zero-order valence-electron chi connectivity index (χ0n) is 17.2. The molecule has 0 spiro atoms. The first kappa shape index (κ1) is 20.3. The van der Waals surface area contributed by atoms with E-state index in [0.29, 0.717) is 25.6 Å². The minimum atomic E-state index is -3.27. The lowest BCUT2D eigenvalue weighted by atomic mass is 10.2. The predicted octanol–water partition coefficient (Wildman–Crippen LogP) is 2.46. The summed E-state index contributed by atoms with van der Waals surface area (Å²) in [6.45, 7) is 3.08. The fourth-order valence-corrected chi connectivity index (χ4v) is 5.11. The molecule has 0 aliphatic carbocycles. The maximum Gasteiger partial charge on any atom is 0.211 e. The molecule has 4 aromatic heterocycles. The van der Waals surface area contributed by atoms with Crippen molar-refractivity contribution in [2.24, 2.45) is 0 Å². The SMILES string of the molecule is CN(Cc1cc2c(N3CCOCC3)nc(-c3cnc4[nH]ccc4c3)nc2s1)S(C)(=O)=O. The number of morpholine rings is 1. The zero-order chi connectivity index (χ0) is 21.6. The van der Waals surface area contributed by atoms with Crippen LogP contribution in [0, 0.1) is 0 Å². The van der Waals surface area contributed by atoms with Crippen molar-refractivity contribution in [3.63, 3.8) is 0 Å². The molecule has 1 fully saturated rings. The van der Waals surface area contributed by atoms with E-state index in [9.17, 15) is 8.42 Å². The minimum absolute atomic E-state index is 0.300. The van der Waals surface area contributed by atoms with Crippen LogP contribution in [0.2, 0.25) is 0 Å². The van der Waals surface area contributed by atoms with E-state index in [1.807, 2.05) is 24.4 Å². The Kier molecular flexibility index (Phi) is 5.13. The molecule has 0 saturated carbocycles. The number of thiophene rings is 1. The van der Waals surface area contributed by atoms with Crippen LogP contribution in [0.1, 0.15) is 4.88 Å². The number of fused-ring (bicyclic) bond motifs is 2. The van der Waals surface area contributed by atoms with Crippen LogP contribution < -0.4 is 4.90 Å². The third kappa shape index (κ3) is 4.01. The summed E-state index contributed by atoms with van der Waals surface area (Å²) in [7, 11) is -1.69. The Balaban J connectivity index is 1.62. The Hall–Kier alpha value is -2.60. The molecule has 1 saturated heterocycles. The van der Waals surface area contributed by atoms with Crippen LogP contribution in [0.15, 0.2) is 30.6 Å². The van der Waals surface area contributed by atoms with E-state index in [0.717, 1.165) is 50.6 Å². The summed E-state index contributed by atoms with van der Waals surface area (Å²) in [5.74, 6) is 1.46. The molecule has 1 N–H and O–H groups in total. The lowest BCUT2D eigenvalue weighted by molar-refractivity contribution is 0.122. The highest BCUT2D eigenvalue weighted by Crippen LogP contribution is 2.34. The number of sulfonamides is 1. The van der Waals surface area contributed by atoms with Crippen LogP contribution in [-0.2, 0) is 21.3 Å². The summed E-state index contributed by atoms with van der Waals surface area (Å²) in [4.78, 5) is 21.3. The summed E-state index contributed by atoms with van der Waals surface area (Å²) in [6.07, 6.45) is 4.84. The first-order chi connectivity index (χ1) is 14.9. The number of aromatic nitrogens is 4. The second-order valence-corrected chi connectivity index (χ2v) is 10.8. The molecule has 0 atom stereocenters. The van der Waals surface area contributed by atoms with Crippen LogP contribution >= 0.6 is 11.3 Å². The lowest BCUT2D eigenvalue weighted by Gasteiger charge is -2.28. The molecule has 1 aliphatic heterocycles. The first-order valence-electron chi connectivity index (χ1n) is 9.86. The molecule has 162 valence electrons. The number of pyridine rings is 1.